The topological polar surface area (TPSA) is 41.3 Å². The van der Waals surface area contributed by atoms with Crippen molar-refractivity contribution in [1.29, 1.82) is 0 Å². The molecule has 0 saturated carbocycles. The highest BCUT2D eigenvalue weighted by Gasteiger charge is 2.28. The third-order valence-electron chi connectivity index (χ3n) is 3.63. The second kappa shape index (κ2) is 5.65. The van der Waals surface area contributed by atoms with E-state index in [1.807, 2.05) is 13.2 Å². The van der Waals surface area contributed by atoms with Gasteiger partial charge in [0.25, 0.3) is 0 Å². The van der Waals surface area contributed by atoms with Gasteiger partial charge in [-0.25, -0.2) is 4.98 Å². The number of hydrogen-bond acceptors (Lipinski definition) is 4. The van der Waals surface area contributed by atoms with Gasteiger partial charge in [0.2, 0.25) is 5.89 Å². The first-order valence-corrected chi connectivity index (χ1v) is 6.60. The molecule has 1 aliphatic rings. The Labute approximate surface area is 103 Å². The fourth-order valence-electron chi connectivity index (χ4n) is 2.46. The van der Waals surface area contributed by atoms with Crippen LogP contribution in [0.1, 0.15) is 44.4 Å². The van der Waals surface area contributed by atoms with Crippen LogP contribution in [-0.4, -0.2) is 36.1 Å². The van der Waals surface area contributed by atoms with E-state index < -0.39 is 0 Å². The Kier molecular flexibility index (Phi) is 4.18. The third kappa shape index (κ3) is 2.87. The minimum Gasteiger partial charge on any atom is -0.444 e. The lowest BCUT2D eigenvalue weighted by Crippen LogP contribution is -2.23. The molecule has 1 fully saturated rings. The number of nitrogens with one attached hydrogen (secondary N) is 1. The Balaban J connectivity index is 2.02. The minimum atomic E-state index is 0.402. The maximum absolute atomic E-state index is 5.88. The van der Waals surface area contributed by atoms with Crippen molar-refractivity contribution >= 4 is 0 Å². The fourth-order valence-corrected chi connectivity index (χ4v) is 2.46. The van der Waals surface area contributed by atoms with Crippen LogP contribution in [0.25, 0.3) is 0 Å². The summed E-state index contributed by atoms with van der Waals surface area (Å²) < 4.78 is 5.88. The van der Waals surface area contributed by atoms with E-state index in [2.05, 4.69) is 29.0 Å². The molecule has 0 bridgehead atoms. The summed E-state index contributed by atoms with van der Waals surface area (Å²) in [5, 5.41) is 3.21. The summed E-state index contributed by atoms with van der Waals surface area (Å²) in [5.74, 6) is 1.90. The van der Waals surface area contributed by atoms with Crippen LogP contribution in [0, 0.1) is 0 Å². The van der Waals surface area contributed by atoms with Gasteiger partial charge in [-0.15, -0.1) is 0 Å². The monoisotopic (exact) mass is 237 g/mol. The number of likely N-dealkylation sites (tertiary alicyclic amines) is 1. The van der Waals surface area contributed by atoms with Gasteiger partial charge in [0.05, 0.1) is 12.2 Å². The number of aromatic nitrogens is 1. The summed E-state index contributed by atoms with van der Waals surface area (Å²) >= 11 is 0. The first kappa shape index (κ1) is 12.6. The molecule has 0 spiro atoms. The average Bonchev–Trinajstić information content (AvgIpc) is 2.95. The highest BCUT2D eigenvalue weighted by Crippen LogP contribution is 2.31. The Morgan fingerprint density at radius 3 is 3.18 bits per heavy atom. The number of rotatable bonds is 5. The van der Waals surface area contributed by atoms with E-state index in [-0.39, 0.29) is 0 Å². The predicted octanol–water partition coefficient (Wildman–Crippen LogP) is 1.98. The predicted molar refractivity (Wildman–Crippen MR) is 68.0 cm³/mol. The van der Waals surface area contributed by atoms with Crippen molar-refractivity contribution in [2.45, 2.75) is 45.2 Å². The fraction of sp³-hybridized carbons (Fsp3) is 0.769. The molecule has 4 nitrogen and oxygen atoms in total. The van der Waals surface area contributed by atoms with Crippen LogP contribution < -0.4 is 5.32 Å². The SMILES string of the molecule is CCN1CCCC1c1ncc(CC(C)NC)o1. The lowest BCUT2D eigenvalue weighted by molar-refractivity contribution is 0.229. The van der Waals surface area contributed by atoms with E-state index in [0.29, 0.717) is 12.1 Å². The molecular weight excluding hydrogens is 214 g/mol. The number of nitrogens with zero attached hydrogens (tertiary/aromatic N) is 2. The smallest absolute Gasteiger partial charge is 0.211 e. The van der Waals surface area contributed by atoms with Gasteiger partial charge >= 0.3 is 0 Å². The largest absolute Gasteiger partial charge is 0.444 e. The van der Waals surface area contributed by atoms with Gasteiger partial charge in [-0.1, -0.05) is 6.92 Å². The van der Waals surface area contributed by atoms with Crippen molar-refractivity contribution < 1.29 is 4.42 Å². The highest BCUT2D eigenvalue weighted by atomic mass is 16.4. The van der Waals surface area contributed by atoms with Crippen LogP contribution in [-0.2, 0) is 6.42 Å². The van der Waals surface area contributed by atoms with E-state index in [1.54, 1.807) is 0 Å². The minimum absolute atomic E-state index is 0.402. The standard InChI is InChI=1S/C13H23N3O/c1-4-16-7-5-6-12(16)13-15-9-11(17-13)8-10(2)14-3/h9-10,12,14H,4-8H2,1-3H3. The van der Waals surface area contributed by atoms with Gasteiger partial charge in [0.15, 0.2) is 0 Å². The van der Waals surface area contributed by atoms with Gasteiger partial charge in [-0.05, 0) is 39.9 Å². The van der Waals surface area contributed by atoms with Gasteiger partial charge in [0.1, 0.15) is 5.76 Å². The molecule has 1 saturated heterocycles. The van der Waals surface area contributed by atoms with Gasteiger partial charge in [0, 0.05) is 12.5 Å². The maximum atomic E-state index is 5.88. The molecule has 17 heavy (non-hydrogen) atoms. The second-order valence-corrected chi connectivity index (χ2v) is 4.85. The van der Waals surface area contributed by atoms with Crippen LogP contribution >= 0.6 is 0 Å². The van der Waals surface area contributed by atoms with E-state index in [4.69, 9.17) is 4.42 Å². The van der Waals surface area contributed by atoms with Gasteiger partial charge in [-0.3, -0.25) is 4.90 Å². The summed E-state index contributed by atoms with van der Waals surface area (Å²) in [6.07, 6.45) is 5.22. The first-order valence-electron chi connectivity index (χ1n) is 6.60. The molecule has 96 valence electrons. The molecule has 0 aromatic carbocycles. The molecule has 4 heteroatoms. The molecule has 2 atom stereocenters. The first-order chi connectivity index (χ1) is 8.24. The van der Waals surface area contributed by atoms with E-state index in [0.717, 1.165) is 24.6 Å². The van der Waals surface area contributed by atoms with Crippen molar-refractivity contribution in [2.75, 3.05) is 20.1 Å². The van der Waals surface area contributed by atoms with Gasteiger partial charge in [-0.2, -0.15) is 0 Å². The summed E-state index contributed by atoms with van der Waals surface area (Å²) in [7, 11) is 1.97. The van der Waals surface area contributed by atoms with Crippen LogP contribution in [0.15, 0.2) is 10.6 Å². The van der Waals surface area contributed by atoms with Crippen molar-refractivity contribution in [3.8, 4) is 0 Å². The molecule has 1 aromatic heterocycles. The zero-order chi connectivity index (χ0) is 12.3. The molecule has 2 rings (SSSR count). The lowest BCUT2D eigenvalue weighted by Gasteiger charge is -2.19. The molecule has 0 amide bonds. The Hall–Kier alpha value is -0.870. The van der Waals surface area contributed by atoms with Crippen molar-refractivity contribution in [2.24, 2.45) is 0 Å². The summed E-state index contributed by atoms with van der Waals surface area (Å²) in [6, 6.07) is 0.834. The van der Waals surface area contributed by atoms with E-state index in [9.17, 15) is 0 Å². The molecule has 1 N–H and O–H groups in total. The molecular formula is C13H23N3O. The summed E-state index contributed by atoms with van der Waals surface area (Å²) in [5.41, 5.74) is 0. The summed E-state index contributed by atoms with van der Waals surface area (Å²) in [6.45, 7) is 6.60. The molecule has 0 radical (unpaired) electrons. The molecule has 2 unspecified atom stereocenters. The Bertz CT molecular complexity index is 350. The average molecular weight is 237 g/mol. The Morgan fingerprint density at radius 1 is 1.65 bits per heavy atom. The van der Waals surface area contributed by atoms with Crippen LogP contribution in [0.4, 0.5) is 0 Å². The van der Waals surface area contributed by atoms with E-state index in [1.165, 1.54) is 19.4 Å². The quantitative estimate of drug-likeness (QED) is 0.850. The van der Waals surface area contributed by atoms with E-state index >= 15 is 0 Å². The molecule has 1 aliphatic heterocycles. The van der Waals surface area contributed by atoms with Crippen LogP contribution in [0.5, 0.6) is 0 Å². The molecule has 1 aromatic rings. The highest BCUT2D eigenvalue weighted by molar-refractivity contribution is 5.02. The maximum Gasteiger partial charge on any atom is 0.211 e. The lowest BCUT2D eigenvalue weighted by atomic mass is 10.2. The van der Waals surface area contributed by atoms with Gasteiger partial charge < -0.3 is 9.73 Å². The summed E-state index contributed by atoms with van der Waals surface area (Å²) in [4.78, 5) is 6.89. The number of hydrogen-bond donors (Lipinski definition) is 1. The van der Waals surface area contributed by atoms with Crippen molar-refractivity contribution in [1.82, 2.24) is 15.2 Å². The molecule has 0 aliphatic carbocycles. The zero-order valence-corrected chi connectivity index (χ0v) is 11.1. The zero-order valence-electron chi connectivity index (χ0n) is 11.1. The van der Waals surface area contributed by atoms with Crippen molar-refractivity contribution in [3.63, 3.8) is 0 Å². The number of oxazole rings is 1. The normalized spacial score (nSPS) is 23.1. The van der Waals surface area contributed by atoms with Crippen LogP contribution in [0.3, 0.4) is 0 Å². The Morgan fingerprint density at radius 2 is 2.47 bits per heavy atom. The van der Waals surface area contributed by atoms with Crippen LogP contribution in [0.2, 0.25) is 0 Å². The molecule has 2 heterocycles. The number of likely N-dealkylation sites (N-methyl/N-ethyl adjacent to an activating group) is 1. The van der Waals surface area contributed by atoms with Crippen molar-refractivity contribution in [3.05, 3.63) is 17.8 Å². The second-order valence-electron chi connectivity index (χ2n) is 4.85. The third-order valence-corrected chi connectivity index (χ3v) is 3.63.